The summed E-state index contributed by atoms with van der Waals surface area (Å²) in [6.07, 6.45) is 3.08. The lowest BCUT2D eigenvalue weighted by molar-refractivity contribution is -0.121. The number of rotatable bonds is 4. The van der Waals surface area contributed by atoms with E-state index >= 15 is 0 Å². The number of carbonyl (C=O) groups is 1. The molecule has 1 atom stereocenters. The number of thiophene rings is 1. The van der Waals surface area contributed by atoms with Crippen LogP contribution in [0.3, 0.4) is 0 Å². The highest BCUT2D eigenvalue weighted by Gasteiger charge is 2.24. The maximum Gasteiger partial charge on any atom is 0.263 e. The number of aromatic nitrogens is 2. The highest BCUT2D eigenvalue weighted by molar-refractivity contribution is 7.18. The molecule has 1 aliphatic carbocycles. The van der Waals surface area contributed by atoms with Gasteiger partial charge in [0.05, 0.1) is 5.39 Å². The summed E-state index contributed by atoms with van der Waals surface area (Å²) in [6, 6.07) is 0. The van der Waals surface area contributed by atoms with Gasteiger partial charge in [-0.25, -0.2) is 4.98 Å². The Hall–Kier alpha value is -1.69. The van der Waals surface area contributed by atoms with Gasteiger partial charge in [-0.15, -0.1) is 11.3 Å². The van der Waals surface area contributed by atoms with Gasteiger partial charge in [-0.1, -0.05) is 20.8 Å². The predicted molar refractivity (Wildman–Crippen MR) is 97.7 cm³/mol. The third kappa shape index (κ3) is 3.24. The van der Waals surface area contributed by atoms with Gasteiger partial charge in [0.1, 0.15) is 17.2 Å². The van der Waals surface area contributed by atoms with Gasteiger partial charge >= 0.3 is 0 Å². The zero-order valence-electron chi connectivity index (χ0n) is 14.8. The van der Waals surface area contributed by atoms with Crippen LogP contribution in [0.5, 0.6) is 0 Å². The van der Waals surface area contributed by atoms with Gasteiger partial charge in [0.2, 0.25) is 5.91 Å². The van der Waals surface area contributed by atoms with Crippen LogP contribution in [0.15, 0.2) is 4.79 Å². The van der Waals surface area contributed by atoms with Crippen LogP contribution in [-0.2, 0) is 24.2 Å². The van der Waals surface area contributed by atoms with Crippen molar-refractivity contribution in [3.8, 4) is 0 Å². The van der Waals surface area contributed by atoms with Crippen molar-refractivity contribution in [2.24, 2.45) is 11.8 Å². The lowest BCUT2D eigenvalue weighted by Crippen LogP contribution is -2.35. The summed E-state index contributed by atoms with van der Waals surface area (Å²) in [5.41, 5.74) is 1.10. The Bertz CT molecular complexity index is 835. The number of aryl methyl sites for hydroxylation is 2. The fourth-order valence-electron chi connectivity index (χ4n) is 3.23. The van der Waals surface area contributed by atoms with E-state index in [-0.39, 0.29) is 18.0 Å². The lowest BCUT2D eigenvalue weighted by atomic mass is 9.89. The minimum Gasteiger partial charge on any atom is -0.354 e. The normalized spacial score (nSPS) is 17.3. The average molecular weight is 347 g/mol. The molecule has 24 heavy (non-hydrogen) atoms. The standard InChI is InChI=1S/C18H25N3O2S/c1-10(2)8-19-15(22)9-21-12(4)20-17-16(18(21)23)13-6-5-11(3)7-14(13)24-17/h10-11H,5-9H2,1-4H3,(H,19,22). The topological polar surface area (TPSA) is 64.0 Å². The van der Waals surface area contributed by atoms with E-state index < -0.39 is 0 Å². The molecule has 3 rings (SSSR count). The highest BCUT2D eigenvalue weighted by Crippen LogP contribution is 2.35. The molecule has 1 N–H and O–H groups in total. The summed E-state index contributed by atoms with van der Waals surface area (Å²) < 4.78 is 1.52. The number of nitrogens with one attached hydrogen (secondary N) is 1. The molecule has 0 saturated heterocycles. The van der Waals surface area contributed by atoms with Gasteiger partial charge in [-0.05, 0) is 43.6 Å². The molecule has 2 aromatic heterocycles. The number of hydrogen-bond acceptors (Lipinski definition) is 4. The predicted octanol–water partition coefficient (Wildman–Crippen LogP) is 2.66. The van der Waals surface area contributed by atoms with Crippen LogP contribution >= 0.6 is 11.3 Å². The minimum atomic E-state index is -0.132. The van der Waals surface area contributed by atoms with Crippen molar-refractivity contribution in [1.29, 1.82) is 0 Å². The summed E-state index contributed by atoms with van der Waals surface area (Å²) in [5, 5.41) is 3.61. The van der Waals surface area contributed by atoms with E-state index in [1.165, 1.54) is 15.0 Å². The molecule has 0 fully saturated rings. The molecule has 2 aromatic rings. The number of carbonyl (C=O) groups excluding carboxylic acids is 1. The van der Waals surface area contributed by atoms with Crippen LogP contribution in [-0.4, -0.2) is 22.0 Å². The molecule has 6 heteroatoms. The van der Waals surface area contributed by atoms with Crippen molar-refractivity contribution in [2.45, 2.75) is 53.5 Å². The van der Waals surface area contributed by atoms with E-state index in [2.05, 4.69) is 17.2 Å². The van der Waals surface area contributed by atoms with E-state index in [9.17, 15) is 9.59 Å². The van der Waals surface area contributed by atoms with E-state index in [1.54, 1.807) is 18.3 Å². The first-order valence-electron chi connectivity index (χ1n) is 8.65. The third-order valence-corrected chi connectivity index (χ3v) is 5.76. The average Bonchev–Trinajstić information content (AvgIpc) is 2.86. The maximum atomic E-state index is 13.0. The summed E-state index contributed by atoms with van der Waals surface area (Å²) in [5.74, 6) is 1.53. The molecule has 0 bridgehead atoms. The number of hydrogen-bond donors (Lipinski definition) is 1. The van der Waals surface area contributed by atoms with Crippen molar-refractivity contribution in [1.82, 2.24) is 14.9 Å². The van der Waals surface area contributed by atoms with Gasteiger partial charge in [0.15, 0.2) is 0 Å². The van der Waals surface area contributed by atoms with Gasteiger partial charge in [0, 0.05) is 11.4 Å². The minimum absolute atomic E-state index is 0.0430. The lowest BCUT2D eigenvalue weighted by Gasteiger charge is -2.17. The second-order valence-corrected chi connectivity index (χ2v) is 8.36. The first kappa shape index (κ1) is 17.1. The molecule has 0 spiro atoms. The van der Waals surface area contributed by atoms with Gasteiger partial charge in [-0.3, -0.25) is 14.2 Å². The quantitative estimate of drug-likeness (QED) is 0.925. The first-order chi connectivity index (χ1) is 11.4. The Kier molecular flexibility index (Phi) is 4.76. The number of amides is 1. The summed E-state index contributed by atoms with van der Waals surface area (Å²) in [4.78, 5) is 31.9. The van der Waals surface area contributed by atoms with Gasteiger partial charge in [-0.2, -0.15) is 0 Å². The molecule has 0 aliphatic heterocycles. The molecule has 1 amide bonds. The van der Waals surface area contributed by atoms with Crippen LogP contribution < -0.4 is 10.9 Å². The molecule has 0 saturated carbocycles. The fourth-order valence-corrected chi connectivity index (χ4v) is 4.65. The maximum absolute atomic E-state index is 13.0. The van der Waals surface area contributed by atoms with Crippen LogP contribution in [0.2, 0.25) is 0 Å². The van der Waals surface area contributed by atoms with Crippen LogP contribution in [0.25, 0.3) is 10.2 Å². The van der Waals surface area contributed by atoms with Crippen molar-refractivity contribution < 1.29 is 4.79 Å². The first-order valence-corrected chi connectivity index (χ1v) is 9.46. The smallest absolute Gasteiger partial charge is 0.263 e. The Morgan fingerprint density at radius 2 is 2.21 bits per heavy atom. The summed E-state index contributed by atoms with van der Waals surface area (Å²) in [7, 11) is 0. The molecule has 2 heterocycles. The van der Waals surface area contributed by atoms with Crippen LogP contribution in [0, 0.1) is 18.8 Å². The molecule has 0 aromatic carbocycles. The summed E-state index contributed by atoms with van der Waals surface area (Å²) in [6.45, 7) is 8.81. The van der Waals surface area contributed by atoms with Crippen molar-refractivity contribution >= 4 is 27.5 Å². The Morgan fingerprint density at radius 3 is 2.92 bits per heavy atom. The molecular weight excluding hydrogens is 322 g/mol. The molecule has 5 nitrogen and oxygen atoms in total. The van der Waals surface area contributed by atoms with E-state index in [0.717, 1.165) is 29.5 Å². The second-order valence-electron chi connectivity index (χ2n) is 7.28. The molecule has 0 radical (unpaired) electrons. The van der Waals surface area contributed by atoms with Gasteiger partial charge < -0.3 is 5.32 Å². The van der Waals surface area contributed by atoms with Crippen molar-refractivity contribution in [3.63, 3.8) is 0 Å². The van der Waals surface area contributed by atoms with E-state index in [1.807, 2.05) is 13.8 Å². The fraction of sp³-hybridized carbons (Fsp3) is 0.611. The SMILES string of the molecule is Cc1nc2sc3c(c2c(=O)n1CC(=O)NCC(C)C)CCC(C)C3. The Morgan fingerprint density at radius 1 is 1.46 bits per heavy atom. The monoisotopic (exact) mass is 347 g/mol. The molecule has 1 aliphatic rings. The number of nitrogens with zero attached hydrogens (tertiary/aromatic N) is 2. The van der Waals surface area contributed by atoms with E-state index in [0.29, 0.717) is 24.2 Å². The zero-order valence-corrected chi connectivity index (χ0v) is 15.6. The Balaban J connectivity index is 1.97. The molecule has 130 valence electrons. The number of fused-ring (bicyclic) bond motifs is 3. The second kappa shape index (κ2) is 6.67. The zero-order chi connectivity index (χ0) is 17.4. The highest BCUT2D eigenvalue weighted by atomic mass is 32.1. The third-order valence-electron chi connectivity index (χ3n) is 4.62. The van der Waals surface area contributed by atoms with Gasteiger partial charge in [0.25, 0.3) is 5.56 Å². The largest absolute Gasteiger partial charge is 0.354 e. The molecular formula is C18H25N3O2S. The van der Waals surface area contributed by atoms with E-state index in [4.69, 9.17) is 0 Å². The van der Waals surface area contributed by atoms with Crippen LogP contribution in [0.1, 0.15) is 43.5 Å². The molecule has 1 unspecified atom stereocenters. The Labute approximate surface area is 146 Å². The summed E-state index contributed by atoms with van der Waals surface area (Å²) >= 11 is 1.65. The van der Waals surface area contributed by atoms with Crippen molar-refractivity contribution in [3.05, 3.63) is 26.6 Å². The van der Waals surface area contributed by atoms with Crippen molar-refractivity contribution in [2.75, 3.05) is 6.54 Å². The van der Waals surface area contributed by atoms with Crippen LogP contribution in [0.4, 0.5) is 0 Å².